The first-order valence-electron chi connectivity index (χ1n) is 8.44. The van der Waals surface area contributed by atoms with E-state index in [0.717, 1.165) is 44.7 Å². The Kier molecular flexibility index (Phi) is 7.40. The van der Waals surface area contributed by atoms with Crippen LogP contribution < -0.4 is 5.32 Å². The third-order valence-electron chi connectivity index (χ3n) is 4.18. The summed E-state index contributed by atoms with van der Waals surface area (Å²) in [6, 6.07) is 10.1. The van der Waals surface area contributed by atoms with Crippen LogP contribution in [0.2, 0.25) is 0 Å². The summed E-state index contributed by atoms with van der Waals surface area (Å²) < 4.78 is 5.41. The summed E-state index contributed by atoms with van der Waals surface area (Å²) in [6.07, 6.45) is 4.42. The second-order valence-corrected chi connectivity index (χ2v) is 5.86. The van der Waals surface area contributed by atoms with Crippen molar-refractivity contribution in [3.63, 3.8) is 0 Å². The van der Waals surface area contributed by atoms with Gasteiger partial charge in [0.2, 0.25) is 5.91 Å². The van der Waals surface area contributed by atoms with Crippen LogP contribution in [0.3, 0.4) is 0 Å². The van der Waals surface area contributed by atoms with Crippen molar-refractivity contribution in [2.45, 2.75) is 45.2 Å². The Balaban J connectivity index is 1.89. The lowest BCUT2D eigenvalue weighted by atomic mass is 10.1. The standard InChI is InChI=1S/C18H28N2O2/c1-2-3-5-10-17(20-11-13-22-14-12-20)18(21)19-15-16-8-6-4-7-9-16/h4,6-9,17H,2-3,5,10-15H2,1H3,(H,19,21). The Bertz CT molecular complexity index is 430. The first-order chi connectivity index (χ1) is 10.8. The van der Waals surface area contributed by atoms with Crippen LogP contribution >= 0.6 is 0 Å². The van der Waals surface area contributed by atoms with E-state index in [9.17, 15) is 4.79 Å². The zero-order valence-electron chi connectivity index (χ0n) is 13.6. The average molecular weight is 304 g/mol. The van der Waals surface area contributed by atoms with Gasteiger partial charge in [0.15, 0.2) is 0 Å². The Labute approximate surface area is 133 Å². The molecule has 0 aromatic heterocycles. The molecule has 122 valence electrons. The molecular formula is C18H28N2O2. The molecule has 1 saturated heterocycles. The van der Waals surface area contributed by atoms with Gasteiger partial charge in [-0.2, -0.15) is 0 Å². The molecule has 0 aliphatic carbocycles. The maximum Gasteiger partial charge on any atom is 0.237 e. The Morgan fingerprint density at radius 3 is 2.64 bits per heavy atom. The third kappa shape index (κ3) is 5.43. The molecule has 1 fully saturated rings. The number of amides is 1. The summed E-state index contributed by atoms with van der Waals surface area (Å²) in [4.78, 5) is 14.9. The van der Waals surface area contributed by atoms with Gasteiger partial charge in [-0.25, -0.2) is 0 Å². The van der Waals surface area contributed by atoms with Gasteiger partial charge in [0, 0.05) is 19.6 Å². The fourth-order valence-corrected chi connectivity index (χ4v) is 2.86. The summed E-state index contributed by atoms with van der Waals surface area (Å²) >= 11 is 0. The zero-order valence-corrected chi connectivity index (χ0v) is 13.6. The number of hydrogen-bond donors (Lipinski definition) is 1. The number of ether oxygens (including phenoxy) is 1. The molecule has 0 spiro atoms. The molecule has 1 atom stereocenters. The maximum absolute atomic E-state index is 12.6. The smallest absolute Gasteiger partial charge is 0.237 e. The summed E-state index contributed by atoms with van der Waals surface area (Å²) in [6.45, 7) is 5.98. The van der Waals surface area contributed by atoms with Gasteiger partial charge >= 0.3 is 0 Å². The predicted molar refractivity (Wildman–Crippen MR) is 88.6 cm³/mol. The molecule has 1 aromatic rings. The van der Waals surface area contributed by atoms with Crippen LogP contribution in [0.5, 0.6) is 0 Å². The Morgan fingerprint density at radius 1 is 1.23 bits per heavy atom. The second kappa shape index (κ2) is 9.59. The van der Waals surface area contributed by atoms with Crippen molar-refractivity contribution in [2.24, 2.45) is 0 Å². The lowest BCUT2D eigenvalue weighted by molar-refractivity contribution is -0.128. The number of carbonyl (C=O) groups excluding carboxylic acids is 1. The molecule has 2 rings (SSSR count). The molecule has 4 heteroatoms. The highest BCUT2D eigenvalue weighted by Crippen LogP contribution is 2.13. The lowest BCUT2D eigenvalue weighted by Crippen LogP contribution is -2.51. The first kappa shape index (κ1) is 17.0. The maximum atomic E-state index is 12.6. The third-order valence-corrected chi connectivity index (χ3v) is 4.18. The van der Waals surface area contributed by atoms with Crippen LogP contribution in [0, 0.1) is 0 Å². The number of nitrogens with one attached hydrogen (secondary N) is 1. The first-order valence-corrected chi connectivity index (χ1v) is 8.44. The van der Waals surface area contributed by atoms with E-state index < -0.39 is 0 Å². The molecule has 0 bridgehead atoms. The normalized spacial score (nSPS) is 17.1. The van der Waals surface area contributed by atoms with Crippen LogP contribution in [0.25, 0.3) is 0 Å². The van der Waals surface area contributed by atoms with Gasteiger partial charge in [-0.05, 0) is 12.0 Å². The van der Waals surface area contributed by atoms with Crippen LogP contribution in [-0.4, -0.2) is 43.2 Å². The SMILES string of the molecule is CCCCCC(C(=O)NCc1ccccc1)N1CCOCC1. The zero-order chi connectivity index (χ0) is 15.6. The second-order valence-electron chi connectivity index (χ2n) is 5.86. The number of unbranched alkanes of at least 4 members (excludes halogenated alkanes) is 2. The minimum Gasteiger partial charge on any atom is -0.379 e. The minimum absolute atomic E-state index is 0.0147. The van der Waals surface area contributed by atoms with Crippen molar-refractivity contribution in [2.75, 3.05) is 26.3 Å². The molecule has 0 radical (unpaired) electrons. The summed E-state index contributed by atoms with van der Waals surface area (Å²) in [5.41, 5.74) is 1.14. The molecule has 1 N–H and O–H groups in total. The van der Waals surface area contributed by atoms with Crippen molar-refractivity contribution in [1.82, 2.24) is 10.2 Å². The van der Waals surface area contributed by atoms with E-state index in [4.69, 9.17) is 4.74 Å². The van der Waals surface area contributed by atoms with Crippen molar-refractivity contribution in [3.05, 3.63) is 35.9 Å². The van der Waals surface area contributed by atoms with Crippen LogP contribution in [0.15, 0.2) is 30.3 Å². The number of nitrogens with zero attached hydrogens (tertiary/aromatic N) is 1. The van der Waals surface area contributed by atoms with Gasteiger partial charge in [-0.1, -0.05) is 56.5 Å². The van der Waals surface area contributed by atoms with Crippen molar-refractivity contribution in [3.8, 4) is 0 Å². The summed E-state index contributed by atoms with van der Waals surface area (Å²) in [5, 5.41) is 3.10. The topological polar surface area (TPSA) is 41.6 Å². The van der Waals surface area contributed by atoms with Crippen molar-refractivity contribution in [1.29, 1.82) is 0 Å². The van der Waals surface area contributed by atoms with E-state index in [1.807, 2.05) is 30.3 Å². The van der Waals surface area contributed by atoms with Crippen molar-refractivity contribution >= 4 is 5.91 Å². The van der Waals surface area contributed by atoms with E-state index in [1.165, 1.54) is 12.8 Å². The van der Waals surface area contributed by atoms with E-state index >= 15 is 0 Å². The minimum atomic E-state index is -0.0147. The molecule has 22 heavy (non-hydrogen) atoms. The lowest BCUT2D eigenvalue weighted by Gasteiger charge is -2.33. The molecule has 4 nitrogen and oxygen atoms in total. The van der Waals surface area contributed by atoms with E-state index in [-0.39, 0.29) is 11.9 Å². The molecule has 0 saturated carbocycles. The number of carbonyl (C=O) groups is 1. The van der Waals surface area contributed by atoms with Gasteiger partial charge in [-0.15, -0.1) is 0 Å². The number of hydrogen-bond acceptors (Lipinski definition) is 3. The van der Waals surface area contributed by atoms with Gasteiger partial charge in [0.1, 0.15) is 0 Å². The van der Waals surface area contributed by atoms with Crippen LogP contribution in [-0.2, 0) is 16.1 Å². The van der Waals surface area contributed by atoms with Gasteiger partial charge in [0.25, 0.3) is 0 Å². The Hall–Kier alpha value is -1.39. The van der Waals surface area contributed by atoms with Crippen molar-refractivity contribution < 1.29 is 9.53 Å². The fraction of sp³-hybridized carbons (Fsp3) is 0.611. The quantitative estimate of drug-likeness (QED) is 0.751. The predicted octanol–water partition coefficient (Wildman–Crippen LogP) is 2.58. The number of rotatable bonds is 8. The van der Waals surface area contributed by atoms with Crippen LogP contribution in [0.4, 0.5) is 0 Å². The molecule has 1 aliphatic rings. The average Bonchev–Trinajstić information content (AvgIpc) is 2.58. The fourth-order valence-electron chi connectivity index (χ4n) is 2.86. The van der Waals surface area contributed by atoms with Crippen LogP contribution in [0.1, 0.15) is 38.2 Å². The Morgan fingerprint density at radius 2 is 1.95 bits per heavy atom. The largest absolute Gasteiger partial charge is 0.379 e. The van der Waals surface area contributed by atoms with Gasteiger partial charge in [-0.3, -0.25) is 9.69 Å². The molecule has 1 heterocycles. The highest BCUT2D eigenvalue weighted by molar-refractivity contribution is 5.81. The summed E-state index contributed by atoms with van der Waals surface area (Å²) in [7, 11) is 0. The monoisotopic (exact) mass is 304 g/mol. The highest BCUT2D eigenvalue weighted by atomic mass is 16.5. The molecule has 1 aromatic carbocycles. The summed E-state index contributed by atoms with van der Waals surface area (Å²) in [5.74, 6) is 0.154. The van der Waals surface area contributed by atoms with E-state index in [1.54, 1.807) is 0 Å². The molecule has 1 aliphatic heterocycles. The van der Waals surface area contributed by atoms with E-state index in [0.29, 0.717) is 6.54 Å². The molecular weight excluding hydrogens is 276 g/mol. The number of benzene rings is 1. The molecule has 1 amide bonds. The van der Waals surface area contributed by atoms with Gasteiger partial charge < -0.3 is 10.1 Å². The van der Waals surface area contributed by atoms with E-state index in [2.05, 4.69) is 17.1 Å². The number of morpholine rings is 1. The highest BCUT2D eigenvalue weighted by Gasteiger charge is 2.26. The van der Waals surface area contributed by atoms with Gasteiger partial charge in [0.05, 0.1) is 19.3 Å². The molecule has 1 unspecified atom stereocenters.